The van der Waals surface area contributed by atoms with E-state index in [4.69, 9.17) is 0 Å². The molecule has 1 saturated carbocycles. The Kier molecular flexibility index (Phi) is 5.75. The maximum atomic E-state index is 12.2. The van der Waals surface area contributed by atoms with Gasteiger partial charge in [-0.1, -0.05) is 19.3 Å². The summed E-state index contributed by atoms with van der Waals surface area (Å²) in [6.07, 6.45) is 10.00. The second-order valence-corrected chi connectivity index (χ2v) is 8.48. The Bertz CT molecular complexity index is 764. The highest BCUT2D eigenvalue weighted by atomic mass is 32.2. The molecule has 0 unspecified atom stereocenters. The third kappa shape index (κ3) is 4.72. The standard InChI is InChI=1S/C17H24N4O4S/c22-16(13-4-2-1-3-5-13)18-8-9-19-17(23)14-6-7-15-20-26(24,25)11-10-21(15)12-14/h6-7,12-13H,1-5,8-11H2,(H,18,22)(H,19,23). The molecule has 9 heteroatoms. The normalized spacial score (nSPS) is 22.1. The van der Waals surface area contributed by atoms with Crippen LogP contribution in [0, 0.1) is 5.92 Å². The van der Waals surface area contributed by atoms with Gasteiger partial charge in [0.15, 0.2) is 0 Å². The van der Waals surface area contributed by atoms with Gasteiger partial charge in [-0.2, -0.15) is 0 Å². The molecule has 2 amide bonds. The molecule has 0 saturated heterocycles. The summed E-state index contributed by atoms with van der Waals surface area (Å²) >= 11 is 0. The van der Waals surface area contributed by atoms with Crippen LogP contribution in [0.15, 0.2) is 28.3 Å². The number of amidine groups is 1. The van der Waals surface area contributed by atoms with Gasteiger partial charge in [-0.15, -0.1) is 4.40 Å². The monoisotopic (exact) mass is 380 g/mol. The van der Waals surface area contributed by atoms with Gasteiger partial charge in [0.05, 0.1) is 11.3 Å². The van der Waals surface area contributed by atoms with E-state index in [-0.39, 0.29) is 30.0 Å². The van der Waals surface area contributed by atoms with Gasteiger partial charge in [-0.25, -0.2) is 8.42 Å². The van der Waals surface area contributed by atoms with Crippen molar-refractivity contribution in [1.82, 2.24) is 15.5 Å². The Morgan fingerprint density at radius 1 is 1.12 bits per heavy atom. The maximum absolute atomic E-state index is 12.2. The van der Waals surface area contributed by atoms with Gasteiger partial charge >= 0.3 is 0 Å². The molecule has 142 valence electrons. The number of carbonyl (C=O) groups excluding carboxylic acids is 2. The van der Waals surface area contributed by atoms with E-state index in [1.807, 2.05) is 0 Å². The molecular formula is C17H24N4O4S. The molecule has 2 heterocycles. The quantitative estimate of drug-likeness (QED) is 0.667. The van der Waals surface area contributed by atoms with Crippen LogP contribution in [-0.2, 0) is 19.6 Å². The van der Waals surface area contributed by atoms with E-state index < -0.39 is 10.0 Å². The summed E-state index contributed by atoms with van der Waals surface area (Å²) in [5, 5.41) is 5.64. The average Bonchev–Trinajstić information content (AvgIpc) is 2.64. The SMILES string of the molecule is O=C(NCCNC(=O)C1CCCCC1)C1=CN2CCS(=O)(=O)N=C2C=C1. The van der Waals surface area contributed by atoms with Crippen molar-refractivity contribution < 1.29 is 18.0 Å². The zero-order valence-corrected chi connectivity index (χ0v) is 15.4. The Morgan fingerprint density at radius 2 is 1.85 bits per heavy atom. The molecule has 1 aliphatic carbocycles. The molecule has 0 radical (unpaired) electrons. The van der Waals surface area contributed by atoms with Crippen molar-refractivity contribution >= 4 is 27.7 Å². The van der Waals surface area contributed by atoms with Crippen molar-refractivity contribution in [2.75, 3.05) is 25.4 Å². The van der Waals surface area contributed by atoms with E-state index in [0.717, 1.165) is 25.7 Å². The van der Waals surface area contributed by atoms with Crippen molar-refractivity contribution in [3.8, 4) is 0 Å². The zero-order valence-electron chi connectivity index (χ0n) is 14.6. The minimum atomic E-state index is -3.40. The third-order valence-corrected chi connectivity index (χ3v) is 5.94. The van der Waals surface area contributed by atoms with Gasteiger partial charge in [-0.3, -0.25) is 9.59 Å². The first-order valence-electron chi connectivity index (χ1n) is 9.00. The number of amides is 2. The van der Waals surface area contributed by atoms with Crippen molar-refractivity contribution in [3.05, 3.63) is 23.9 Å². The minimum Gasteiger partial charge on any atom is -0.354 e. The molecule has 26 heavy (non-hydrogen) atoms. The van der Waals surface area contributed by atoms with Crippen LogP contribution in [-0.4, -0.2) is 56.4 Å². The van der Waals surface area contributed by atoms with Crippen LogP contribution in [0.3, 0.4) is 0 Å². The summed E-state index contributed by atoms with van der Waals surface area (Å²) in [6.45, 7) is 1.02. The van der Waals surface area contributed by atoms with E-state index in [1.54, 1.807) is 17.2 Å². The first kappa shape index (κ1) is 18.6. The van der Waals surface area contributed by atoms with Crippen LogP contribution in [0.25, 0.3) is 0 Å². The Balaban J connectivity index is 1.44. The van der Waals surface area contributed by atoms with Crippen LogP contribution < -0.4 is 10.6 Å². The molecular weight excluding hydrogens is 356 g/mol. The van der Waals surface area contributed by atoms with Crippen molar-refractivity contribution in [3.63, 3.8) is 0 Å². The molecule has 2 aliphatic heterocycles. The number of carbonyl (C=O) groups is 2. The number of hydrogen-bond acceptors (Lipinski definition) is 5. The van der Waals surface area contributed by atoms with E-state index >= 15 is 0 Å². The minimum absolute atomic E-state index is 0.0665. The largest absolute Gasteiger partial charge is 0.354 e. The fourth-order valence-electron chi connectivity index (χ4n) is 3.31. The number of sulfonamides is 1. The summed E-state index contributed by atoms with van der Waals surface area (Å²) < 4.78 is 26.6. The Labute approximate surface area is 153 Å². The molecule has 0 bridgehead atoms. The zero-order chi connectivity index (χ0) is 18.6. The predicted octanol–water partition coefficient (Wildman–Crippen LogP) is 0.297. The second-order valence-electron chi connectivity index (χ2n) is 6.73. The van der Waals surface area contributed by atoms with Gasteiger partial charge in [-0.05, 0) is 25.0 Å². The lowest BCUT2D eigenvalue weighted by molar-refractivity contribution is -0.126. The van der Waals surface area contributed by atoms with E-state index in [2.05, 4.69) is 15.0 Å². The molecule has 3 aliphatic rings. The Hall–Kier alpha value is -2.16. The summed E-state index contributed by atoms with van der Waals surface area (Å²) in [6, 6.07) is 0. The first-order valence-corrected chi connectivity index (χ1v) is 10.6. The molecule has 0 spiro atoms. The lowest BCUT2D eigenvalue weighted by atomic mass is 9.89. The van der Waals surface area contributed by atoms with Crippen LogP contribution in [0.2, 0.25) is 0 Å². The predicted molar refractivity (Wildman–Crippen MR) is 97.7 cm³/mol. The second kappa shape index (κ2) is 8.03. The highest BCUT2D eigenvalue weighted by Crippen LogP contribution is 2.23. The van der Waals surface area contributed by atoms with Crippen LogP contribution >= 0.6 is 0 Å². The summed E-state index contributed by atoms with van der Waals surface area (Å²) in [5.41, 5.74) is 0.432. The average molecular weight is 380 g/mol. The number of fused-ring (bicyclic) bond motifs is 1. The number of nitrogens with one attached hydrogen (secondary N) is 2. The lowest BCUT2D eigenvalue weighted by Gasteiger charge is -2.27. The van der Waals surface area contributed by atoms with Crippen LogP contribution in [0.1, 0.15) is 32.1 Å². The number of nitrogens with zero attached hydrogens (tertiary/aromatic N) is 2. The maximum Gasteiger partial charge on any atom is 0.256 e. The topological polar surface area (TPSA) is 108 Å². The van der Waals surface area contributed by atoms with Gasteiger partial charge in [0.25, 0.3) is 15.9 Å². The lowest BCUT2D eigenvalue weighted by Crippen LogP contribution is -2.40. The van der Waals surface area contributed by atoms with E-state index in [1.165, 1.54) is 12.5 Å². The molecule has 2 N–H and O–H groups in total. The van der Waals surface area contributed by atoms with Gasteiger partial charge in [0, 0.05) is 31.8 Å². The van der Waals surface area contributed by atoms with Crippen LogP contribution in [0.5, 0.6) is 0 Å². The van der Waals surface area contributed by atoms with Gasteiger partial charge in [0.1, 0.15) is 5.84 Å². The first-order chi connectivity index (χ1) is 12.4. The number of rotatable bonds is 5. The molecule has 0 atom stereocenters. The number of hydrogen-bond donors (Lipinski definition) is 2. The smallest absolute Gasteiger partial charge is 0.256 e. The van der Waals surface area contributed by atoms with E-state index in [0.29, 0.717) is 24.5 Å². The van der Waals surface area contributed by atoms with Crippen molar-refractivity contribution in [2.24, 2.45) is 10.3 Å². The molecule has 0 aromatic heterocycles. The summed E-state index contributed by atoms with van der Waals surface area (Å²) in [4.78, 5) is 25.9. The summed E-state index contributed by atoms with van der Waals surface area (Å²) in [5.74, 6) is 0.180. The van der Waals surface area contributed by atoms with Gasteiger partial charge < -0.3 is 15.5 Å². The Morgan fingerprint density at radius 3 is 2.62 bits per heavy atom. The van der Waals surface area contributed by atoms with Crippen molar-refractivity contribution in [2.45, 2.75) is 32.1 Å². The molecule has 3 rings (SSSR count). The molecule has 8 nitrogen and oxygen atoms in total. The fourth-order valence-corrected chi connectivity index (χ4v) is 4.28. The molecule has 0 aromatic carbocycles. The van der Waals surface area contributed by atoms with E-state index in [9.17, 15) is 18.0 Å². The fraction of sp³-hybridized carbons (Fsp3) is 0.588. The highest BCUT2D eigenvalue weighted by molar-refractivity contribution is 7.90. The van der Waals surface area contributed by atoms with Crippen LogP contribution in [0.4, 0.5) is 0 Å². The third-order valence-electron chi connectivity index (χ3n) is 4.77. The molecule has 1 fully saturated rings. The summed E-state index contributed by atoms with van der Waals surface area (Å²) in [7, 11) is -3.40. The van der Waals surface area contributed by atoms with Gasteiger partial charge in [0.2, 0.25) is 5.91 Å². The highest BCUT2D eigenvalue weighted by Gasteiger charge is 2.25. The van der Waals surface area contributed by atoms with Crippen molar-refractivity contribution in [1.29, 1.82) is 0 Å². The molecule has 0 aromatic rings.